The van der Waals surface area contributed by atoms with Gasteiger partial charge in [-0.15, -0.1) is 0 Å². The number of hydrogen-bond donors (Lipinski definition) is 2. The molecule has 0 saturated carbocycles. The van der Waals surface area contributed by atoms with Gasteiger partial charge in [-0.2, -0.15) is 5.10 Å². The number of hydrogen-bond acceptors (Lipinski definition) is 10. The van der Waals surface area contributed by atoms with Gasteiger partial charge in [0.1, 0.15) is 5.75 Å². The number of nitrogens with zero attached hydrogens (tertiary/aromatic N) is 8. The quantitative estimate of drug-likeness (QED) is 0.267. The number of nitrogens with one attached hydrogen (secondary N) is 2. The van der Waals surface area contributed by atoms with E-state index in [0.29, 0.717) is 23.1 Å². The lowest BCUT2D eigenvalue weighted by molar-refractivity contribution is -0.111. The zero-order chi connectivity index (χ0) is 29.1. The first-order valence-electron chi connectivity index (χ1n) is 13.4. The molecule has 3 aromatic heterocycles. The highest BCUT2D eigenvalue weighted by molar-refractivity contribution is 6.02. The van der Waals surface area contributed by atoms with Gasteiger partial charge in [0, 0.05) is 63.8 Å². The third-order valence-electron chi connectivity index (χ3n) is 7.20. The Bertz CT molecular complexity index is 1560. The largest absolute Gasteiger partial charge is 0.494 e. The van der Waals surface area contributed by atoms with Crippen molar-refractivity contribution in [1.82, 2.24) is 29.6 Å². The minimum Gasteiger partial charge on any atom is -0.494 e. The zero-order valence-corrected chi connectivity index (χ0v) is 24.1. The molecular weight excluding hydrogens is 520 g/mol. The van der Waals surface area contributed by atoms with Crippen LogP contribution in [0.3, 0.4) is 0 Å². The van der Waals surface area contributed by atoms with Crippen LogP contribution in [0.15, 0.2) is 55.5 Å². The maximum atomic E-state index is 12.3. The van der Waals surface area contributed by atoms with Gasteiger partial charge in [-0.25, -0.2) is 15.0 Å². The van der Waals surface area contributed by atoms with E-state index in [1.807, 2.05) is 58.8 Å². The molecule has 0 aliphatic carbocycles. The number of methoxy groups -OCH3 is 1. The minimum atomic E-state index is -0.297. The standard InChI is InChI=1S/C29H36N10O2/c1-7-27(40)33-23-13-24(26(41-6)14-25(23)37(4)11-10-36(2)3)35-29-30-9-8-22(34-29)20-17-39(18-20)21-12-19-15-32-38(5)28(19)31-16-21/h7-9,12-16,20H,1,10-11,17-18H2,2-6H3,(H,33,40)(H,30,34,35). The number of carbonyl (C=O) groups excluding carboxylic acids is 1. The van der Waals surface area contributed by atoms with Gasteiger partial charge in [-0.3, -0.25) is 9.48 Å². The van der Waals surface area contributed by atoms with Crippen molar-refractivity contribution < 1.29 is 9.53 Å². The average molecular weight is 557 g/mol. The van der Waals surface area contributed by atoms with Gasteiger partial charge >= 0.3 is 0 Å². The fraction of sp³-hybridized carbons (Fsp3) is 0.345. The number of aryl methyl sites for hydroxylation is 1. The number of rotatable bonds is 11. The van der Waals surface area contributed by atoms with Gasteiger partial charge in [-0.05, 0) is 38.4 Å². The number of pyridine rings is 1. The molecule has 0 spiro atoms. The van der Waals surface area contributed by atoms with Gasteiger partial charge in [0.2, 0.25) is 11.9 Å². The fourth-order valence-corrected chi connectivity index (χ4v) is 4.77. The molecule has 1 aliphatic rings. The summed E-state index contributed by atoms with van der Waals surface area (Å²) in [5, 5.41) is 11.5. The Morgan fingerprint density at radius 2 is 1.95 bits per heavy atom. The first-order valence-corrected chi connectivity index (χ1v) is 13.4. The lowest BCUT2D eigenvalue weighted by atomic mass is 9.95. The molecular formula is C29H36N10O2. The van der Waals surface area contributed by atoms with Crippen LogP contribution in [0, 0.1) is 0 Å². The van der Waals surface area contributed by atoms with Gasteiger partial charge in [0.05, 0.1) is 47.9 Å². The van der Waals surface area contributed by atoms with Gasteiger partial charge in [-0.1, -0.05) is 6.58 Å². The second kappa shape index (κ2) is 11.8. The van der Waals surface area contributed by atoms with Crippen molar-refractivity contribution in [2.75, 3.05) is 74.9 Å². The first-order chi connectivity index (χ1) is 19.7. The van der Waals surface area contributed by atoms with E-state index in [0.717, 1.165) is 54.3 Å². The third-order valence-corrected chi connectivity index (χ3v) is 7.20. The molecule has 4 aromatic rings. The summed E-state index contributed by atoms with van der Waals surface area (Å²) in [6.45, 7) is 6.86. The molecule has 12 nitrogen and oxygen atoms in total. The van der Waals surface area contributed by atoms with E-state index in [1.54, 1.807) is 18.0 Å². The van der Waals surface area contributed by atoms with Crippen LogP contribution >= 0.6 is 0 Å². The zero-order valence-electron chi connectivity index (χ0n) is 24.1. The number of likely N-dealkylation sites (N-methyl/N-ethyl adjacent to an activating group) is 2. The summed E-state index contributed by atoms with van der Waals surface area (Å²) in [6, 6.07) is 7.81. The summed E-state index contributed by atoms with van der Waals surface area (Å²) >= 11 is 0. The summed E-state index contributed by atoms with van der Waals surface area (Å²) < 4.78 is 7.49. The van der Waals surface area contributed by atoms with Crippen LogP contribution in [0.1, 0.15) is 11.6 Å². The number of ether oxygens (including phenoxy) is 1. The lowest BCUT2D eigenvalue weighted by Gasteiger charge is -2.40. The van der Waals surface area contributed by atoms with Crippen LogP contribution in [0.25, 0.3) is 11.0 Å². The van der Waals surface area contributed by atoms with Crippen molar-refractivity contribution in [2.24, 2.45) is 7.05 Å². The Morgan fingerprint density at radius 3 is 2.68 bits per heavy atom. The second-order valence-electron chi connectivity index (χ2n) is 10.4. The molecule has 0 bridgehead atoms. The molecule has 1 aromatic carbocycles. The maximum Gasteiger partial charge on any atom is 0.247 e. The summed E-state index contributed by atoms with van der Waals surface area (Å²) in [6.07, 6.45) is 6.74. The number of aromatic nitrogens is 5. The van der Waals surface area contributed by atoms with E-state index < -0.39 is 0 Å². The number of carbonyl (C=O) groups is 1. The van der Waals surface area contributed by atoms with Crippen LogP contribution in [0.5, 0.6) is 5.75 Å². The number of amides is 1. The molecule has 12 heteroatoms. The number of anilines is 5. The van der Waals surface area contributed by atoms with E-state index in [9.17, 15) is 4.79 Å². The van der Waals surface area contributed by atoms with Crippen molar-refractivity contribution >= 4 is 45.6 Å². The van der Waals surface area contributed by atoms with Gasteiger partial charge in [0.15, 0.2) is 5.65 Å². The maximum absolute atomic E-state index is 12.3. The van der Waals surface area contributed by atoms with Crippen molar-refractivity contribution in [3.8, 4) is 5.75 Å². The number of benzene rings is 1. The van der Waals surface area contributed by atoms with Crippen molar-refractivity contribution in [1.29, 1.82) is 0 Å². The van der Waals surface area contributed by atoms with Crippen LogP contribution in [-0.2, 0) is 11.8 Å². The van der Waals surface area contributed by atoms with Gasteiger partial charge in [0.25, 0.3) is 0 Å². The highest BCUT2D eigenvalue weighted by Crippen LogP contribution is 2.38. The van der Waals surface area contributed by atoms with Crippen molar-refractivity contribution in [3.05, 3.63) is 61.2 Å². The monoisotopic (exact) mass is 556 g/mol. The predicted molar refractivity (Wildman–Crippen MR) is 162 cm³/mol. The SMILES string of the molecule is C=CC(=O)Nc1cc(Nc2nccc(C3CN(c4cnc5c(cnn5C)c4)C3)n2)c(OC)cc1N(C)CCN(C)C. The predicted octanol–water partition coefficient (Wildman–Crippen LogP) is 3.24. The highest BCUT2D eigenvalue weighted by atomic mass is 16.5. The van der Waals surface area contributed by atoms with Crippen LogP contribution in [0.2, 0.25) is 0 Å². The van der Waals surface area contributed by atoms with Crippen LogP contribution < -0.4 is 25.2 Å². The van der Waals surface area contributed by atoms with E-state index in [1.165, 1.54) is 6.08 Å². The highest BCUT2D eigenvalue weighted by Gasteiger charge is 2.30. The summed E-state index contributed by atoms with van der Waals surface area (Å²) in [5.41, 5.74) is 4.99. The van der Waals surface area contributed by atoms with Crippen LogP contribution in [-0.4, -0.2) is 90.0 Å². The Balaban J connectivity index is 1.33. The smallest absolute Gasteiger partial charge is 0.247 e. The molecule has 2 N–H and O–H groups in total. The van der Waals surface area contributed by atoms with Crippen molar-refractivity contribution in [3.63, 3.8) is 0 Å². The number of fused-ring (bicyclic) bond motifs is 1. The molecule has 0 atom stereocenters. The second-order valence-corrected chi connectivity index (χ2v) is 10.4. The van der Waals surface area contributed by atoms with E-state index in [-0.39, 0.29) is 11.8 Å². The molecule has 214 valence electrons. The molecule has 5 rings (SSSR count). The first kappa shape index (κ1) is 27.8. The fourth-order valence-electron chi connectivity index (χ4n) is 4.77. The Labute approximate surface area is 239 Å². The molecule has 0 radical (unpaired) electrons. The molecule has 1 aliphatic heterocycles. The lowest BCUT2D eigenvalue weighted by Crippen LogP contribution is -2.45. The Kier molecular flexibility index (Phi) is 8.02. The average Bonchev–Trinajstić information content (AvgIpc) is 3.31. The van der Waals surface area contributed by atoms with E-state index >= 15 is 0 Å². The van der Waals surface area contributed by atoms with Crippen molar-refractivity contribution in [2.45, 2.75) is 5.92 Å². The topological polar surface area (TPSA) is 117 Å². The molecule has 0 unspecified atom stereocenters. The summed E-state index contributed by atoms with van der Waals surface area (Å²) in [5.74, 6) is 1.03. The summed E-state index contributed by atoms with van der Waals surface area (Å²) in [7, 11) is 9.53. The summed E-state index contributed by atoms with van der Waals surface area (Å²) in [4.78, 5) is 32.5. The van der Waals surface area contributed by atoms with Crippen LogP contribution in [0.4, 0.5) is 28.7 Å². The third kappa shape index (κ3) is 6.07. The Morgan fingerprint density at radius 1 is 1.15 bits per heavy atom. The van der Waals surface area contributed by atoms with Gasteiger partial charge < -0.3 is 30.1 Å². The normalized spacial score (nSPS) is 13.3. The van der Waals surface area contributed by atoms with E-state index in [4.69, 9.17) is 9.72 Å². The Hall–Kier alpha value is -4.71. The molecule has 1 fully saturated rings. The van der Waals surface area contributed by atoms with E-state index in [2.05, 4.69) is 53.0 Å². The minimum absolute atomic E-state index is 0.264. The molecule has 4 heterocycles. The molecule has 1 saturated heterocycles. The molecule has 1 amide bonds. The molecule has 41 heavy (non-hydrogen) atoms.